The molecule has 1 fully saturated rings. The maximum Gasteiger partial charge on any atom is 0.113 e. The van der Waals surface area contributed by atoms with Gasteiger partial charge in [0.05, 0.1) is 6.10 Å². The van der Waals surface area contributed by atoms with E-state index in [1.807, 2.05) is 6.92 Å². The average Bonchev–Trinajstić information content (AvgIpc) is 1.86. The Bertz CT molecular complexity index is 40.8. The standard InChI is InChI=1S/C4H8NO/c1-4-2-5-3-6-4/h4H,2-3H2,1H3. The fraction of sp³-hybridized carbons (Fsp3) is 1.00. The Morgan fingerprint density at radius 2 is 2.67 bits per heavy atom. The van der Waals surface area contributed by atoms with E-state index >= 15 is 0 Å². The second-order valence-electron chi connectivity index (χ2n) is 1.51. The van der Waals surface area contributed by atoms with Gasteiger partial charge in [0.15, 0.2) is 0 Å². The van der Waals surface area contributed by atoms with E-state index in [2.05, 4.69) is 5.32 Å². The molecule has 1 atom stereocenters. The minimum atomic E-state index is 0.380. The summed E-state index contributed by atoms with van der Waals surface area (Å²) in [7, 11) is 0. The lowest BCUT2D eigenvalue weighted by Crippen LogP contribution is -2.03. The Labute approximate surface area is 37.5 Å². The molecule has 2 nitrogen and oxygen atoms in total. The predicted octanol–water partition coefficient (Wildman–Crippen LogP) is -0.0330. The summed E-state index contributed by atoms with van der Waals surface area (Å²) in [6, 6.07) is 0. The highest BCUT2D eigenvalue weighted by molar-refractivity contribution is 4.56. The van der Waals surface area contributed by atoms with Crippen molar-refractivity contribution < 1.29 is 4.74 Å². The van der Waals surface area contributed by atoms with Crippen LogP contribution in [0.2, 0.25) is 0 Å². The molecule has 1 aliphatic heterocycles. The molecule has 6 heavy (non-hydrogen) atoms. The van der Waals surface area contributed by atoms with Crippen molar-refractivity contribution in [2.24, 2.45) is 0 Å². The molecule has 0 aliphatic carbocycles. The van der Waals surface area contributed by atoms with E-state index in [4.69, 9.17) is 4.74 Å². The molecular formula is C4H8NO. The number of rotatable bonds is 0. The molecule has 1 rings (SSSR count). The fourth-order valence-electron chi connectivity index (χ4n) is 0.467. The van der Waals surface area contributed by atoms with Crippen LogP contribution in [0.3, 0.4) is 0 Å². The van der Waals surface area contributed by atoms with Crippen LogP contribution >= 0.6 is 0 Å². The molecule has 1 heterocycles. The highest BCUT2D eigenvalue weighted by atomic mass is 16.5. The second kappa shape index (κ2) is 1.58. The molecule has 0 saturated carbocycles. The van der Waals surface area contributed by atoms with Gasteiger partial charge in [0, 0.05) is 6.54 Å². The Morgan fingerprint density at radius 3 is 2.83 bits per heavy atom. The van der Waals surface area contributed by atoms with E-state index in [0.29, 0.717) is 12.8 Å². The van der Waals surface area contributed by atoms with E-state index in [1.165, 1.54) is 0 Å². The smallest absolute Gasteiger partial charge is 0.113 e. The van der Waals surface area contributed by atoms with Gasteiger partial charge in [-0.05, 0) is 6.92 Å². The zero-order chi connectivity index (χ0) is 4.41. The van der Waals surface area contributed by atoms with Gasteiger partial charge < -0.3 is 4.74 Å². The summed E-state index contributed by atoms with van der Waals surface area (Å²) in [5, 5.41) is 3.94. The lowest BCUT2D eigenvalue weighted by Gasteiger charge is -1.92. The number of hydrogen-bond donors (Lipinski definition) is 0. The van der Waals surface area contributed by atoms with Gasteiger partial charge in [0.25, 0.3) is 0 Å². The van der Waals surface area contributed by atoms with Crippen LogP contribution in [-0.4, -0.2) is 19.4 Å². The molecule has 35 valence electrons. The molecular weight excluding hydrogens is 78.0 g/mol. The van der Waals surface area contributed by atoms with E-state index in [9.17, 15) is 0 Å². The highest BCUT2D eigenvalue weighted by Crippen LogP contribution is 1.93. The molecule has 1 radical (unpaired) electrons. The van der Waals surface area contributed by atoms with Crippen molar-refractivity contribution >= 4 is 0 Å². The van der Waals surface area contributed by atoms with Crippen molar-refractivity contribution in [3.05, 3.63) is 0 Å². The Kier molecular flexibility index (Phi) is 1.08. The predicted molar refractivity (Wildman–Crippen MR) is 22.4 cm³/mol. The Balaban J connectivity index is 2.18. The first-order valence-electron chi connectivity index (χ1n) is 2.14. The first-order chi connectivity index (χ1) is 2.89. The summed E-state index contributed by atoms with van der Waals surface area (Å²) in [6.07, 6.45) is 0.380. The molecule has 0 N–H and O–H groups in total. The minimum Gasteiger partial charge on any atom is -0.360 e. The van der Waals surface area contributed by atoms with Gasteiger partial charge in [-0.1, -0.05) is 0 Å². The average molecular weight is 86.1 g/mol. The van der Waals surface area contributed by atoms with Crippen LogP contribution in [0.5, 0.6) is 0 Å². The van der Waals surface area contributed by atoms with E-state index < -0.39 is 0 Å². The van der Waals surface area contributed by atoms with Crippen molar-refractivity contribution in [3.63, 3.8) is 0 Å². The van der Waals surface area contributed by atoms with Crippen molar-refractivity contribution in [3.8, 4) is 0 Å². The van der Waals surface area contributed by atoms with Gasteiger partial charge in [0.2, 0.25) is 0 Å². The van der Waals surface area contributed by atoms with Crippen molar-refractivity contribution in [2.45, 2.75) is 13.0 Å². The van der Waals surface area contributed by atoms with Crippen molar-refractivity contribution in [2.75, 3.05) is 13.3 Å². The monoisotopic (exact) mass is 86.1 g/mol. The fourth-order valence-corrected chi connectivity index (χ4v) is 0.467. The Morgan fingerprint density at radius 1 is 1.83 bits per heavy atom. The van der Waals surface area contributed by atoms with E-state index in [0.717, 1.165) is 6.54 Å². The lowest BCUT2D eigenvalue weighted by atomic mass is 10.4. The van der Waals surface area contributed by atoms with Crippen LogP contribution in [-0.2, 0) is 4.74 Å². The summed E-state index contributed by atoms with van der Waals surface area (Å²) in [4.78, 5) is 0. The number of ether oxygens (including phenoxy) is 1. The third-order valence-electron chi connectivity index (χ3n) is 0.837. The molecule has 0 amide bonds. The van der Waals surface area contributed by atoms with Crippen LogP contribution in [0.1, 0.15) is 6.92 Å². The first-order valence-corrected chi connectivity index (χ1v) is 2.14. The molecule has 1 aliphatic rings. The van der Waals surface area contributed by atoms with Gasteiger partial charge in [-0.2, -0.15) is 0 Å². The minimum absolute atomic E-state index is 0.380. The van der Waals surface area contributed by atoms with Crippen molar-refractivity contribution in [1.82, 2.24) is 5.32 Å². The molecule has 0 aromatic rings. The summed E-state index contributed by atoms with van der Waals surface area (Å²) in [5.41, 5.74) is 0. The van der Waals surface area contributed by atoms with Crippen LogP contribution < -0.4 is 5.32 Å². The van der Waals surface area contributed by atoms with Crippen LogP contribution in [0, 0.1) is 0 Å². The third-order valence-corrected chi connectivity index (χ3v) is 0.837. The van der Waals surface area contributed by atoms with Crippen LogP contribution in [0.4, 0.5) is 0 Å². The van der Waals surface area contributed by atoms with Crippen molar-refractivity contribution in [1.29, 1.82) is 0 Å². The topological polar surface area (TPSA) is 23.3 Å². The van der Waals surface area contributed by atoms with E-state index in [1.54, 1.807) is 0 Å². The zero-order valence-electron chi connectivity index (χ0n) is 3.85. The lowest BCUT2D eigenvalue weighted by molar-refractivity contribution is 0.126. The molecule has 1 unspecified atom stereocenters. The first kappa shape index (κ1) is 4.09. The summed E-state index contributed by atoms with van der Waals surface area (Å²) in [6.45, 7) is 3.53. The quantitative estimate of drug-likeness (QED) is 0.406. The maximum atomic E-state index is 4.99. The Hall–Kier alpha value is -0.0800. The third kappa shape index (κ3) is 0.698. The highest BCUT2D eigenvalue weighted by Gasteiger charge is 2.07. The second-order valence-corrected chi connectivity index (χ2v) is 1.51. The molecule has 0 aromatic heterocycles. The number of nitrogens with zero attached hydrogens (tertiary/aromatic N) is 1. The normalized spacial score (nSPS) is 34.5. The van der Waals surface area contributed by atoms with Crippen LogP contribution in [0.25, 0.3) is 0 Å². The van der Waals surface area contributed by atoms with Gasteiger partial charge in [-0.15, -0.1) is 0 Å². The summed E-state index contributed by atoms with van der Waals surface area (Å²) < 4.78 is 4.99. The molecule has 0 spiro atoms. The van der Waals surface area contributed by atoms with Gasteiger partial charge in [0.1, 0.15) is 6.73 Å². The molecule has 2 heteroatoms. The SMILES string of the molecule is CC1C[N]CO1. The van der Waals surface area contributed by atoms with Gasteiger partial charge in [-0.3, -0.25) is 0 Å². The summed E-state index contributed by atoms with van der Waals surface area (Å²) in [5.74, 6) is 0. The molecule has 0 aromatic carbocycles. The summed E-state index contributed by atoms with van der Waals surface area (Å²) >= 11 is 0. The molecule has 1 saturated heterocycles. The van der Waals surface area contributed by atoms with E-state index in [-0.39, 0.29) is 0 Å². The number of hydrogen-bond acceptors (Lipinski definition) is 1. The van der Waals surface area contributed by atoms with Gasteiger partial charge >= 0.3 is 0 Å². The molecule has 0 bridgehead atoms. The zero-order valence-corrected chi connectivity index (χ0v) is 3.85. The largest absolute Gasteiger partial charge is 0.360 e. The van der Waals surface area contributed by atoms with Crippen LogP contribution in [0.15, 0.2) is 0 Å². The maximum absolute atomic E-state index is 4.99. The van der Waals surface area contributed by atoms with Gasteiger partial charge in [-0.25, -0.2) is 5.32 Å².